The van der Waals surface area contributed by atoms with Crippen LogP contribution >= 0.6 is 11.6 Å². The number of aromatic nitrogens is 2. The number of fused-ring (bicyclic) bond motifs is 3. The van der Waals surface area contributed by atoms with E-state index < -0.39 is 5.82 Å². The van der Waals surface area contributed by atoms with Gasteiger partial charge >= 0.3 is 0 Å². The minimum Gasteiger partial charge on any atom is -0.486 e. The first kappa shape index (κ1) is 25.0. The highest BCUT2D eigenvalue weighted by atomic mass is 35.5. The molecule has 4 heterocycles. The van der Waals surface area contributed by atoms with Gasteiger partial charge in [0.25, 0.3) is 0 Å². The summed E-state index contributed by atoms with van der Waals surface area (Å²) in [5.41, 5.74) is 1.67. The van der Waals surface area contributed by atoms with Crippen molar-refractivity contribution in [2.45, 2.75) is 31.1 Å². The number of anilines is 3. The molecule has 3 aliphatic rings. The molecule has 2 unspecified atom stereocenters. The monoisotopic (exact) mass is 539 g/mol. The van der Waals surface area contributed by atoms with Crippen LogP contribution < -0.4 is 15.4 Å². The summed E-state index contributed by atoms with van der Waals surface area (Å²) in [5, 5.41) is 6.76. The lowest BCUT2D eigenvalue weighted by molar-refractivity contribution is -0.111. The highest BCUT2D eigenvalue weighted by Crippen LogP contribution is 2.35. The van der Waals surface area contributed by atoms with Crippen molar-refractivity contribution in [3.05, 3.63) is 59.7 Å². The van der Waals surface area contributed by atoms with Crippen molar-refractivity contribution in [1.82, 2.24) is 14.9 Å². The Morgan fingerprint density at radius 3 is 2.95 bits per heavy atom. The van der Waals surface area contributed by atoms with Crippen molar-refractivity contribution in [2.24, 2.45) is 0 Å². The van der Waals surface area contributed by atoms with Crippen LogP contribution in [0.5, 0.6) is 5.75 Å². The lowest BCUT2D eigenvalue weighted by Gasteiger charge is -2.25. The molecule has 1 aromatic heterocycles. The van der Waals surface area contributed by atoms with Crippen molar-refractivity contribution in [2.75, 3.05) is 43.5 Å². The molecule has 1 amide bonds. The van der Waals surface area contributed by atoms with E-state index in [1.54, 1.807) is 24.3 Å². The normalized spacial score (nSPS) is 22.9. The van der Waals surface area contributed by atoms with Crippen LogP contribution in [0.4, 0.5) is 21.6 Å². The summed E-state index contributed by atoms with van der Waals surface area (Å²) in [7, 11) is 0. The summed E-state index contributed by atoms with van der Waals surface area (Å²) in [4.78, 5) is 24.0. The molecule has 2 bridgehead atoms. The van der Waals surface area contributed by atoms with E-state index in [2.05, 4.69) is 25.5 Å². The van der Waals surface area contributed by atoms with Crippen LogP contribution in [0, 0.1) is 5.82 Å². The van der Waals surface area contributed by atoms with E-state index in [0.29, 0.717) is 65.7 Å². The Kier molecular flexibility index (Phi) is 7.12. The van der Waals surface area contributed by atoms with E-state index in [1.807, 2.05) is 6.08 Å². The Labute approximate surface area is 223 Å². The third-order valence-electron chi connectivity index (χ3n) is 6.98. The van der Waals surface area contributed by atoms with Crippen LogP contribution in [0.25, 0.3) is 10.9 Å². The zero-order valence-electron chi connectivity index (χ0n) is 20.5. The molecular weight excluding hydrogens is 513 g/mol. The number of nitrogens with zero attached hydrogens (tertiary/aromatic N) is 3. The Morgan fingerprint density at radius 1 is 1.26 bits per heavy atom. The minimum atomic E-state index is -0.508. The molecule has 0 spiro atoms. The van der Waals surface area contributed by atoms with Gasteiger partial charge in [0.2, 0.25) is 5.91 Å². The molecule has 0 radical (unpaired) electrons. The maximum absolute atomic E-state index is 13.6. The van der Waals surface area contributed by atoms with Gasteiger partial charge < -0.3 is 24.8 Å². The molecule has 2 N–H and O–H groups in total. The van der Waals surface area contributed by atoms with Gasteiger partial charge in [-0.3, -0.25) is 9.69 Å². The molecule has 198 valence electrons. The van der Waals surface area contributed by atoms with Gasteiger partial charge in [0, 0.05) is 48.8 Å². The number of carbonyl (C=O) groups excluding carboxylic acids is 1. The molecule has 6 rings (SSSR count). The molecule has 3 saturated heterocycles. The summed E-state index contributed by atoms with van der Waals surface area (Å²) in [6.07, 6.45) is 6.86. The van der Waals surface area contributed by atoms with E-state index in [4.69, 9.17) is 25.8 Å². The molecule has 9 nitrogen and oxygen atoms in total. The smallest absolute Gasteiger partial charge is 0.248 e. The van der Waals surface area contributed by atoms with Crippen molar-refractivity contribution in [3.8, 4) is 5.75 Å². The van der Waals surface area contributed by atoms with E-state index in [-0.39, 0.29) is 17.0 Å². The summed E-state index contributed by atoms with van der Waals surface area (Å²) in [6.45, 7) is 3.46. The first-order valence-electron chi connectivity index (χ1n) is 12.6. The molecule has 3 atom stereocenters. The molecule has 0 aliphatic carbocycles. The van der Waals surface area contributed by atoms with Crippen LogP contribution in [0.1, 0.15) is 12.8 Å². The van der Waals surface area contributed by atoms with Gasteiger partial charge in [-0.1, -0.05) is 17.7 Å². The van der Waals surface area contributed by atoms with Crippen molar-refractivity contribution in [3.63, 3.8) is 0 Å². The highest BCUT2D eigenvalue weighted by molar-refractivity contribution is 6.31. The molecule has 11 heteroatoms. The van der Waals surface area contributed by atoms with Crippen LogP contribution in [-0.4, -0.2) is 71.9 Å². The molecular formula is C27H27ClFN5O4. The number of likely N-dealkylation sites (tertiary alicyclic amines) is 1. The fraction of sp³-hybridized carbons (Fsp3) is 0.370. The number of ether oxygens (including phenoxy) is 3. The summed E-state index contributed by atoms with van der Waals surface area (Å²) < 4.78 is 30.9. The maximum atomic E-state index is 13.6. The zero-order valence-corrected chi connectivity index (χ0v) is 21.3. The summed E-state index contributed by atoms with van der Waals surface area (Å²) >= 11 is 5.95. The fourth-order valence-corrected chi connectivity index (χ4v) is 5.23. The second kappa shape index (κ2) is 10.8. The first-order chi connectivity index (χ1) is 18.5. The maximum Gasteiger partial charge on any atom is 0.248 e. The quantitative estimate of drug-likeness (QED) is 0.409. The molecule has 0 saturated carbocycles. The third kappa shape index (κ3) is 5.44. The van der Waals surface area contributed by atoms with Gasteiger partial charge in [0.05, 0.1) is 42.2 Å². The van der Waals surface area contributed by atoms with Gasteiger partial charge in [-0.05, 0) is 30.7 Å². The van der Waals surface area contributed by atoms with Crippen LogP contribution in [-0.2, 0) is 14.3 Å². The second-order valence-electron chi connectivity index (χ2n) is 9.64. The number of carbonyl (C=O) groups is 1. The Bertz CT molecular complexity index is 1380. The summed E-state index contributed by atoms with van der Waals surface area (Å²) in [6, 6.07) is 8.31. The lowest BCUT2D eigenvalue weighted by atomic mass is 10.1. The van der Waals surface area contributed by atoms with Gasteiger partial charge in [-0.2, -0.15) is 0 Å². The number of morpholine rings is 1. The number of halogens is 2. The minimum absolute atomic E-state index is 0.00291. The predicted molar refractivity (Wildman–Crippen MR) is 142 cm³/mol. The van der Waals surface area contributed by atoms with E-state index >= 15 is 0 Å². The average molecular weight is 540 g/mol. The van der Waals surface area contributed by atoms with Crippen molar-refractivity contribution in [1.29, 1.82) is 0 Å². The second-order valence-corrected chi connectivity index (χ2v) is 10.0. The Hall–Kier alpha value is -3.31. The predicted octanol–water partition coefficient (Wildman–Crippen LogP) is 4.30. The average Bonchev–Trinajstić information content (AvgIpc) is 3.66. The van der Waals surface area contributed by atoms with Gasteiger partial charge in [-0.15, -0.1) is 0 Å². The third-order valence-corrected chi connectivity index (χ3v) is 7.27. The molecule has 3 aliphatic heterocycles. The topological polar surface area (TPSA) is 97.8 Å². The molecule has 3 aromatic rings. The standard InChI is InChI=1S/C27H27ClFN5O4/c28-21-8-16(3-4-22(21)29)32-27-20-10-24(25(11-23(20)30-15-31-27)38-18-5-7-36-14-18)33-26(35)2-1-6-34-12-19-9-17(34)13-37-19/h1-4,8,10-11,15,17-19H,5-7,9,12-14H2,(H,33,35)(H,30,31,32)/t17?,18-,19?/m0/s1. The first-order valence-corrected chi connectivity index (χ1v) is 13.0. The number of rotatable bonds is 8. The number of amides is 1. The molecule has 3 fully saturated rings. The molecule has 38 heavy (non-hydrogen) atoms. The SMILES string of the molecule is O=C(C=CCN1CC2CC1CO2)Nc1cc2c(Nc3ccc(F)c(Cl)c3)ncnc2cc1O[C@H]1CCOC1. The number of hydrogen-bond donors (Lipinski definition) is 2. The highest BCUT2D eigenvalue weighted by Gasteiger charge is 2.38. The lowest BCUT2D eigenvalue weighted by Crippen LogP contribution is -2.36. The van der Waals surface area contributed by atoms with Crippen molar-refractivity contribution < 1.29 is 23.4 Å². The van der Waals surface area contributed by atoms with E-state index in [9.17, 15) is 9.18 Å². The van der Waals surface area contributed by atoms with Gasteiger partial charge in [0.1, 0.15) is 29.8 Å². The van der Waals surface area contributed by atoms with Crippen LogP contribution in [0.15, 0.2) is 48.8 Å². The van der Waals surface area contributed by atoms with Gasteiger partial charge in [0.15, 0.2) is 0 Å². The number of benzene rings is 2. The number of hydrogen-bond acceptors (Lipinski definition) is 8. The van der Waals surface area contributed by atoms with Crippen molar-refractivity contribution >= 4 is 45.6 Å². The summed E-state index contributed by atoms with van der Waals surface area (Å²) in [5.74, 6) is 0.198. The zero-order chi connectivity index (χ0) is 26.1. The molecule has 2 aromatic carbocycles. The Morgan fingerprint density at radius 2 is 2.18 bits per heavy atom. The van der Waals surface area contributed by atoms with Gasteiger partial charge in [-0.25, -0.2) is 14.4 Å². The van der Waals surface area contributed by atoms with E-state index in [0.717, 1.165) is 26.0 Å². The van der Waals surface area contributed by atoms with Crippen LogP contribution in [0.2, 0.25) is 5.02 Å². The van der Waals surface area contributed by atoms with E-state index in [1.165, 1.54) is 18.5 Å². The fourth-order valence-electron chi connectivity index (χ4n) is 5.05. The largest absolute Gasteiger partial charge is 0.486 e. The number of nitrogens with one attached hydrogen (secondary N) is 2. The van der Waals surface area contributed by atoms with Crippen LogP contribution in [0.3, 0.4) is 0 Å². The Balaban J connectivity index is 1.25.